The summed E-state index contributed by atoms with van der Waals surface area (Å²) in [5, 5.41) is 3.11. The number of nitrogens with zero attached hydrogens (tertiary/aromatic N) is 1. The third kappa shape index (κ3) is 4.97. The van der Waals surface area contributed by atoms with Crippen LogP contribution in [0.2, 0.25) is 0 Å². The van der Waals surface area contributed by atoms with Gasteiger partial charge < -0.3 is 11.1 Å². The van der Waals surface area contributed by atoms with Crippen molar-refractivity contribution < 1.29 is 4.79 Å². The minimum atomic E-state index is 0.236. The Balaban J connectivity index is 1.59. The molecule has 1 amide bonds. The molecule has 1 saturated carbocycles. The fourth-order valence-corrected chi connectivity index (χ4v) is 3.95. The van der Waals surface area contributed by atoms with E-state index in [0.29, 0.717) is 5.92 Å². The maximum Gasteiger partial charge on any atom is 0.223 e. The molecule has 2 rings (SSSR count). The number of hydrogen-bond acceptors (Lipinski definition) is 4. The lowest BCUT2D eigenvalue weighted by atomic mass is 9.81. The van der Waals surface area contributed by atoms with Crippen LogP contribution in [0.1, 0.15) is 25.7 Å². The van der Waals surface area contributed by atoms with E-state index in [2.05, 4.69) is 10.2 Å². The maximum absolute atomic E-state index is 12.1. The monoisotopic (exact) mass is 285 g/mol. The van der Waals surface area contributed by atoms with Gasteiger partial charge in [0, 0.05) is 43.6 Å². The van der Waals surface area contributed by atoms with Gasteiger partial charge in [-0.1, -0.05) is 0 Å². The number of carbonyl (C=O) groups excluding carboxylic acids is 1. The van der Waals surface area contributed by atoms with Crippen LogP contribution in [0, 0.1) is 11.8 Å². The highest BCUT2D eigenvalue weighted by Crippen LogP contribution is 2.28. The fraction of sp³-hybridized carbons (Fsp3) is 0.929. The molecular formula is C14H27N3OS. The van der Waals surface area contributed by atoms with E-state index in [9.17, 15) is 4.79 Å². The van der Waals surface area contributed by atoms with Crippen LogP contribution in [0.3, 0.4) is 0 Å². The molecule has 3 N–H and O–H groups in total. The zero-order chi connectivity index (χ0) is 13.5. The Morgan fingerprint density at radius 1 is 1.21 bits per heavy atom. The van der Waals surface area contributed by atoms with Crippen LogP contribution in [0.25, 0.3) is 0 Å². The van der Waals surface area contributed by atoms with E-state index in [1.165, 1.54) is 24.6 Å². The third-order valence-electron chi connectivity index (χ3n) is 4.38. The van der Waals surface area contributed by atoms with Crippen LogP contribution in [-0.4, -0.2) is 55.0 Å². The van der Waals surface area contributed by atoms with Crippen LogP contribution >= 0.6 is 11.8 Å². The highest BCUT2D eigenvalue weighted by Gasteiger charge is 2.25. The summed E-state index contributed by atoms with van der Waals surface area (Å²) in [5.74, 6) is 3.62. The van der Waals surface area contributed by atoms with Gasteiger partial charge in [-0.3, -0.25) is 9.69 Å². The van der Waals surface area contributed by atoms with Crippen LogP contribution in [0.15, 0.2) is 0 Å². The summed E-state index contributed by atoms with van der Waals surface area (Å²) in [5.41, 5.74) is 5.68. The largest absolute Gasteiger partial charge is 0.355 e. The summed E-state index contributed by atoms with van der Waals surface area (Å²) in [6.07, 6.45) is 4.29. The van der Waals surface area contributed by atoms with E-state index in [1.54, 1.807) is 0 Å². The van der Waals surface area contributed by atoms with E-state index < -0.39 is 0 Å². The topological polar surface area (TPSA) is 58.4 Å². The number of carbonyl (C=O) groups is 1. The van der Waals surface area contributed by atoms with Crippen LogP contribution in [-0.2, 0) is 4.79 Å². The number of thioether (sulfide) groups is 1. The van der Waals surface area contributed by atoms with Crippen molar-refractivity contribution in [2.24, 2.45) is 17.6 Å². The molecule has 5 heteroatoms. The van der Waals surface area contributed by atoms with Gasteiger partial charge in [0.1, 0.15) is 0 Å². The van der Waals surface area contributed by atoms with Crippen molar-refractivity contribution >= 4 is 17.7 Å². The van der Waals surface area contributed by atoms with Gasteiger partial charge in [-0.25, -0.2) is 0 Å². The molecule has 19 heavy (non-hydrogen) atoms. The number of nitrogens with two attached hydrogens (primary N) is 1. The molecule has 1 aliphatic carbocycles. The Bertz CT molecular complexity index is 274. The van der Waals surface area contributed by atoms with Crippen molar-refractivity contribution in [1.29, 1.82) is 0 Å². The second kappa shape index (κ2) is 8.12. The second-order valence-corrected chi connectivity index (χ2v) is 6.92. The van der Waals surface area contributed by atoms with E-state index >= 15 is 0 Å². The molecule has 1 aliphatic heterocycles. The van der Waals surface area contributed by atoms with Crippen LogP contribution < -0.4 is 11.1 Å². The van der Waals surface area contributed by atoms with Gasteiger partial charge in [-0.2, -0.15) is 11.8 Å². The molecule has 0 spiro atoms. The van der Waals surface area contributed by atoms with E-state index in [1.807, 2.05) is 11.8 Å². The lowest BCUT2D eigenvalue weighted by Crippen LogP contribution is -2.41. The zero-order valence-corrected chi connectivity index (χ0v) is 12.6. The molecule has 1 saturated heterocycles. The predicted octanol–water partition coefficient (Wildman–Crippen LogP) is 0.917. The van der Waals surface area contributed by atoms with Gasteiger partial charge in [-0.05, 0) is 38.1 Å². The predicted molar refractivity (Wildman–Crippen MR) is 81.3 cm³/mol. The molecule has 0 unspecified atom stereocenters. The summed E-state index contributed by atoms with van der Waals surface area (Å²) in [4.78, 5) is 14.5. The molecule has 4 nitrogen and oxygen atoms in total. The van der Waals surface area contributed by atoms with Crippen molar-refractivity contribution in [2.75, 3.05) is 44.2 Å². The minimum absolute atomic E-state index is 0.236. The summed E-state index contributed by atoms with van der Waals surface area (Å²) >= 11 is 2.02. The molecule has 110 valence electrons. The van der Waals surface area contributed by atoms with Crippen LogP contribution in [0.4, 0.5) is 0 Å². The average molecular weight is 285 g/mol. The number of hydrogen-bond donors (Lipinski definition) is 2. The highest BCUT2D eigenvalue weighted by atomic mass is 32.2. The Labute approximate surface area is 120 Å². The Hall–Kier alpha value is -0.260. The average Bonchev–Trinajstić information content (AvgIpc) is 2.48. The fourth-order valence-electron chi connectivity index (χ4n) is 2.97. The van der Waals surface area contributed by atoms with Gasteiger partial charge >= 0.3 is 0 Å². The molecule has 0 aromatic carbocycles. The summed E-state index contributed by atoms with van der Waals surface area (Å²) in [6.45, 7) is 4.93. The summed E-state index contributed by atoms with van der Waals surface area (Å²) in [6, 6.07) is 0. The van der Waals surface area contributed by atoms with Gasteiger partial charge in [0.25, 0.3) is 0 Å². The normalized spacial score (nSPS) is 29.1. The molecule has 0 bridgehead atoms. The second-order valence-electron chi connectivity index (χ2n) is 5.70. The minimum Gasteiger partial charge on any atom is -0.355 e. The molecule has 0 atom stereocenters. The van der Waals surface area contributed by atoms with Crippen molar-refractivity contribution in [3.63, 3.8) is 0 Å². The smallest absolute Gasteiger partial charge is 0.223 e. The number of rotatable bonds is 5. The van der Waals surface area contributed by atoms with Crippen molar-refractivity contribution in [2.45, 2.75) is 25.7 Å². The molecule has 0 aromatic rings. The number of nitrogens with one attached hydrogen (secondary N) is 1. The van der Waals surface area contributed by atoms with E-state index in [4.69, 9.17) is 5.73 Å². The Morgan fingerprint density at radius 3 is 2.53 bits per heavy atom. The zero-order valence-electron chi connectivity index (χ0n) is 11.8. The van der Waals surface area contributed by atoms with Gasteiger partial charge in [0.2, 0.25) is 5.91 Å². The van der Waals surface area contributed by atoms with E-state index in [-0.39, 0.29) is 11.8 Å². The first kappa shape index (κ1) is 15.1. The van der Waals surface area contributed by atoms with E-state index in [0.717, 1.165) is 45.3 Å². The van der Waals surface area contributed by atoms with Gasteiger partial charge in [0.05, 0.1) is 0 Å². The van der Waals surface area contributed by atoms with Crippen molar-refractivity contribution in [1.82, 2.24) is 10.2 Å². The first-order chi connectivity index (χ1) is 9.29. The molecule has 0 aromatic heterocycles. The van der Waals surface area contributed by atoms with Crippen LogP contribution in [0.5, 0.6) is 0 Å². The number of amides is 1. The maximum atomic E-state index is 12.1. The SMILES string of the molecule is NCC1CCC(C(=O)NCCN2CCSCC2)CC1. The van der Waals surface area contributed by atoms with Crippen molar-refractivity contribution in [3.8, 4) is 0 Å². The lowest BCUT2D eigenvalue weighted by molar-refractivity contribution is -0.126. The quantitative estimate of drug-likeness (QED) is 0.788. The Morgan fingerprint density at radius 2 is 1.89 bits per heavy atom. The molecule has 1 heterocycles. The molecule has 0 radical (unpaired) electrons. The highest BCUT2D eigenvalue weighted by molar-refractivity contribution is 7.99. The van der Waals surface area contributed by atoms with Crippen molar-refractivity contribution in [3.05, 3.63) is 0 Å². The molecular weight excluding hydrogens is 258 g/mol. The first-order valence-electron chi connectivity index (χ1n) is 7.57. The standard InChI is InChI=1S/C14H27N3OS/c15-11-12-1-3-13(4-2-12)14(18)16-5-6-17-7-9-19-10-8-17/h12-13H,1-11,15H2,(H,16,18). The molecule has 2 aliphatic rings. The lowest BCUT2D eigenvalue weighted by Gasteiger charge is -2.28. The summed E-state index contributed by atoms with van der Waals surface area (Å²) in [7, 11) is 0. The van der Waals surface area contributed by atoms with Gasteiger partial charge in [0.15, 0.2) is 0 Å². The summed E-state index contributed by atoms with van der Waals surface area (Å²) < 4.78 is 0. The third-order valence-corrected chi connectivity index (χ3v) is 5.32. The first-order valence-corrected chi connectivity index (χ1v) is 8.73. The molecule has 2 fully saturated rings. The Kier molecular flexibility index (Phi) is 6.47. The van der Waals surface area contributed by atoms with Gasteiger partial charge in [-0.15, -0.1) is 0 Å².